The van der Waals surface area contributed by atoms with Crippen molar-refractivity contribution in [3.05, 3.63) is 90.0 Å². The largest absolute Gasteiger partial charge is 0.494 e. The summed E-state index contributed by atoms with van der Waals surface area (Å²) in [6.07, 6.45) is 3.08. The smallest absolute Gasteiger partial charge is 0.261 e. The summed E-state index contributed by atoms with van der Waals surface area (Å²) < 4.78 is 33.2. The van der Waals surface area contributed by atoms with Gasteiger partial charge in [-0.2, -0.15) is 0 Å². The van der Waals surface area contributed by atoms with Crippen LogP contribution in [-0.4, -0.2) is 26.0 Å². The molecule has 0 spiro atoms. The first-order valence-corrected chi connectivity index (χ1v) is 12.4. The highest BCUT2D eigenvalue weighted by Gasteiger charge is 2.14. The van der Waals surface area contributed by atoms with Gasteiger partial charge in [0.1, 0.15) is 5.75 Å². The summed E-state index contributed by atoms with van der Waals surface area (Å²) in [7, 11) is -3.77. The molecule has 0 bridgehead atoms. The fourth-order valence-electron chi connectivity index (χ4n) is 2.88. The number of nitrogens with one attached hydrogen (secondary N) is 3. The maximum absolute atomic E-state index is 12.6. The van der Waals surface area contributed by atoms with Crippen molar-refractivity contribution in [3.63, 3.8) is 0 Å². The van der Waals surface area contributed by atoms with E-state index >= 15 is 0 Å². The lowest BCUT2D eigenvalue weighted by atomic mass is 10.1. The van der Waals surface area contributed by atoms with Crippen LogP contribution in [-0.2, 0) is 14.8 Å². The van der Waals surface area contributed by atoms with E-state index in [2.05, 4.69) is 15.4 Å². The average Bonchev–Trinajstić information content (AvgIpc) is 2.80. The van der Waals surface area contributed by atoms with Gasteiger partial charge in [0.15, 0.2) is 5.11 Å². The van der Waals surface area contributed by atoms with Gasteiger partial charge in [-0.25, -0.2) is 8.42 Å². The Balaban J connectivity index is 1.55. The molecule has 3 N–H and O–H groups in total. The molecule has 3 aromatic rings. The Labute approximate surface area is 204 Å². The van der Waals surface area contributed by atoms with Crippen molar-refractivity contribution in [3.8, 4) is 5.75 Å². The number of hydrogen-bond acceptors (Lipinski definition) is 5. The third-order valence-electron chi connectivity index (χ3n) is 4.58. The number of rotatable bonds is 8. The molecule has 0 radical (unpaired) electrons. The summed E-state index contributed by atoms with van der Waals surface area (Å²) in [5, 5.41) is 5.52. The Kier molecular flexibility index (Phi) is 8.39. The standard InChI is InChI=1S/C25H25N3O4S2/c1-3-32-22-13-9-21(10-14-22)28-34(30,31)23-15-11-20(12-16-23)26-25(33)27-24(29)17-8-19-6-4-18(2)5-7-19/h4-17,28H,3H2,1-2H3,(H2,26,27,29,33). The molecule has 3 rings (SSSR count). The molecule has 0 saturated carbocycles. The van der Waals surface area contributed by atoms with E-state index in [9.17, 15) is 13.2 Å². The Morgan fingerprint density at radius 1 is 0.941 bits per heavy atom. The van der Waals surface area contributed by atoms with Gasteiger partial charge in [-0.3, -0.25) is 14.8 Å². The van der Waals surface area contributed by atoms with E-state index in [4.69, 9.17) is 17.0 Å². The molecule has 0 saturated heterocycles. The quantitative estimate of drug-likeness (QED) is 0.309. The molecule has 0 aliphatic carbocycles. The lowest BCUT2D eigenvalue weighted by molar-refractivity contribution is -0.115. The number of amides is 1. The molecule has 0 aromatic heterocycles. The van der Waals surface area contributed by atoms with E-state index < -0.39 is 10.0 Å². The van der Waals surface area contributed by atoms with Crippen LogP contribution in [0.1, 0.15) is 18.1 Å². The van der Waals surface area contributed by atoms with Crippen molar-refractivity contribution < 1.29 is 17.9 Å². The number of hydrogen-bond donors (Lipinski definition) is 3. The SMILES string of the molecule is CCOc1ccc(NS(=O)(=O)c2ccc(NC(=S)NC(=O)C=Cc3ccc(C)cc3)cc2)cc1. The lowest BCUT2D eigenvalue weighted by Crippen LogP contribution is -2.32. The number of carbonyl (C=O) groups is 1. The van der Waals surface area contributed by atoms with E-state index in [-0.39, 0.29) is 15.9 Å². The van der Waals surface area contributed by atoms with Crippen LogP contribution in [0, 0.1) is 6.92 Å². The lowest BCUT2D eigenvalue weighted by Gasteiger charge is -2.11. The molecule has 7 nitrogen and oxygen atoms in total. The summed E-state index contributed by atoms with van der Waals surface area (Å²) in [4.78, 5) is 12.2. The minimum absolute atomic E-state index is 0.0860. The summed E-state index contributed by atoms with van der Waals surface area (Å²) in [5.41, 5.74) is 2.99. The van der Waals surface area contributed by atoms with Gasteiger partial charge in [-0.15, -0.1) is 0 Å². The fraction of sp³-hybridized carbons (Fsp3) is 0.120. The minimum atomic E-state index is -3.77. The molecule has 3 aromatic carbocycles. The summed E-state index contributed by atoms with van der Waals surface area (Å²) >= 11 is 5.16. The third-order valence-corrected chi connectivity index (χ3v) is 6.18. The molecule has 9 heteroatoms. The average molecular weight is 496 g/mol. The zero-order chi connectivity index (χ0) is 24.6. The van der Waals surface area contributed by atoms with Crippen LogP contribution in [0.4, 0.5) is 11.4 Å². The molecule has 176 valence electrons. The number of aryl methyl sites for hydroxylation is 1. The molecular weight excluding hydrogens is 470 g/mol. The predicted molar refractivity (Wildman–Crippen MR) is 139 cm³/mol. The zero-order valence-electron chi connectivity index (χ0n) is 18.7. The first kappa shape index (κ1) is 24.9. The highest BCUT2D eigenvalue weighted by molar-refractivity contribution is 7.92. The highest BCUT2D eigenvalue weighted by Crippen LogP contribution is 2.20. The van der Waals surface area contributed by atoms with Crippen molar-refractivity contribution in [2.75, 3.05) is 16.6 Å². The van der Waals surface area contributed by atoms with Crippen LogP contribution in [0.3, 0.4) is 0 Å². The molecule has 0 heterocycles. The normalized spacial score (nSPS) is 11.1. The maximum Gasteiger partial charge on any atom is 0.261 e. The minimum Gasteiger partial charge on any atom is -0.494 e. The fourth-order valence-corrected chi connectivity index (χ4v) is 4.16. The first-order chi connectivity index (χ1) is 16.2. The molecule has 34 heavy (non-hydrogen) atoms. The third kappa shape index (κ3) is 7.43. The molecular formula is C25H25N3O4S2. The van der Waals surface area contributed by atoms with Gasteiger partial charge >= 0.3 is 0 Å². The molecule has 0 atom stereocenters. The predicted octanol–water partition coefficient (Wildman–Crippen LogP) is 4.72. The van der Waals surface area contributed by atoms with E-state index in [1.54, 1.807) is 42.5 Å². The first-order valence-electron chi connectivity index (χ1n) is 10.5. The Morgan fingerprint density at radius 2 is 1.56 bits per heavy atom. The van der Waals surface area contributed by atoms with Gasteiger partial charge in [-0.05, 0) is 86.2 Å². The Hall–Kier alpha value is -3.69. The molecule has 0 aliphatic heterocycles. The van der Waals surface area contributed by atoms with Gasteiger partial charge in [0.05, 0.1) is 11.5 Å². The monoisotopic (exact) mass is 495 g/mol. The number of anilines is 2. The number of carbonyl (C=O) groups excluding carboxylic acids is 1. The van der Waals surface area contributed by atoms with Gasteiger partial charge in [0.25, 0.3) is 10.0 Å². The highest BCUT2D eigenvalue weighted by atomic mass is 32.2. The molecule has 0 aliphatic rings. The van der Waals surface area contributed by atoms with Crippen LogP contribution in [0.25, 0.3) is 6.08 Å². The van der Waals surface area contributed by atoms with Crippen molar-refractivity contribution in [2.24, 2.45) is 0 Å². The van der Waals surface area contributed by atoms with Gasteiger partial charge in [0, 0.05) is 17.5 Å². The second-order valence-electron chi connectivity index (χ2n) is 7.27. The van der Waals surface area contributed by atoms with Crippen LogP contribution in [0.5, 0.6) is 5.75 Å². The maximum atomic E-state index is 12.6. The van der Waals surface area contributed by atoms with Gasteiger partial charge < -0.3 is 10.1 Å². The summed E-state index contributed by atoms with van der Waals surface area (Å²) in [6, 6.07) is 20.4. The van der Waals surface area contributed by atoms with E-state index in [0.29, 0.717) is 23.7 Å². The number of benzene rings is 3. The number of ether oxygens (including phenoxy) is 1. The molecule has 0 unspecified atom stereocenters. The molecule has 0 fully saturated rings. The van der Waals surface area contributed by atoms with Crippen molar-refractivity contribution in [2.45, 2.75) is 18.7 Å². The zero-order valence-corrected chi connectivity index (χ0v) is 20.4. The van der Waals surface area contributed by atoms with Crippen LogP contribution in [0.15, 0.2) is 83.8 Å². The van der Waals surface area contributed by atoms with E-state index in [1.165, 1.54) is 18.2 Å². The van der Waals surface area contributed by atoms with Crippen molar-refractivity contribution >= 4 is 50.7 Å². The Bertz CT molecular complexity index is 1270. The van der Waals surface area contributed by atoms with Gasteiger partial charge in [0.2, 0.25) is 5.91 Å². The second-order valence-corrected chi connectivity index (χ2v) is 9.37. The second kappa shape index (κ2) is 11.4. The summed E-state index contributed by atoms with van der Waals surface area (Å²) in [6.45, 7) is 4.40. The van der Waals surface area contributed by atoms with Gasteiger partial charge in [-0.1, -0.05) is 29.8 Å². The molecule has 1 amide bonds. The topological polar surface area (TPSA) is 96.5 Å². The van der Waals surface area contributed by atoms with Crippen LogP contribution in [0.2, 0.25) is 0 Å². The van der Waals surface area contributed by atoms with Crippen molar-refractivity contribution in [1.29, 1.82) is 0 Å². The van der Waals surface area contributed by atoms with E-state index in [0.717, 1.165) is 11.1 Å². The number of thiocarbonyl (C=S) groups is 1. The van der Waals surface area contributed by atoms with Crippen LogP contribution >= 0.6 is 12.2 Å². The van der Waals surface area contributed by atoms with Crippen molar-refractivity contribution in [1.82, 2.24) is 5.32 Å². The number of sulfonamides is 1. The summed E-state index contributed by atoms with van der Waals surface area (Å²) in [5.74, 6) is 0.284. The van der Waals surface area contributed by atoms with E-state index in [1.807, 2.05) is 38.1 Å². The Morgan fingerprint density at radius 3 is 2.18 bits per heavy atom. The van der Waals surface area contributed by atoms with Crippen LogP contribution < -0.4 is 20.1 Å².